The highest BCUT2D eigenvalue weighted by Crippen LogP contribution is 2.41. The monoisotopic (exact) mass is 363 g/mol. The minimum atomic E-state index is -3.15. The first kappa shape index (κ1) is 18.0. The van der Waals surface area contributed by atoms with Crippen LogP contribution in [0.25, 0.3) is 0 Å². The average Bonchev–Trinajstić information content (AvgIpc) is 3.38. The van der Waals surface area contributed by atoms with Crippen LogP contribution in [-0.4, -0.2) is 28.0 Å². The van der Waals surface area contributed by atoms with Crippen molar-refractivity contribution in [1.29, 1.82) is 0 Å². The van der Waals surface area contributed by atoms with Gasteiger partial charge >= 0.3 is 5.92 Å². The number of nitrogens with zero attached hydrogens (tertiary/aromatic N) is 3. The van der Waals surface area contributed by atoms with Crippen molar-refractivity contribution in [2.45, 2.75) is 38.5 Å². The van der Waals surface area contributed by atoms with Gasteiger partial charge in [-0.1, -0.05) is 0 Å². The molecule has 1 aliphatic rings. The minimum absolute atomic E-state index is 0.189. The molecule has 1 amide bonds. The molecule has 2 N–H and O–H groups in total. The second-order valence-electron chi connectivity index (χ2n) is 6.24. The molecule has 1 fully saturated rings. The number of hydrogen-bond donors (Lipinski definition) is 2. The van der Waals surface area contributed by atoms with E-state index in [4.69, 9.17) is 4.74 Å². The SMILES string of the molecule is COc1cnc(NC(C)=O)cc1Nc1cc(C2CC2)nc(C(C)(F)F)n1. The number of amides is 1. The Balaban J connectivity index is 1.97. The topological polar surface area (TPSA) is 89.0 Å². The number of rotatable bonds is 6. The summed E-state index contributed by atoms with van der Waals surface area (Å²) in [6.45, 7) is 2.13. The number of nitrogens with one attached hydrogen (secondary N) is 2. The highest BCUT2D eigenvalue weighted by molar-refractivity contribution is 5.88. The quantitative estimate of drug-likeness (QED) is 0.816. The Morgan fingerprint density at radius 3 is 2.58 bits per heavy atom. The normalized spacial score (nSPS) is 14.0. The Morgan fingerprint density at radius 2 is 2.00 bits per heavy atom. The summed E-state index contributed by atoms with van der Waals surface area (Å²) in [5.74, 6) is -2.84. The van der Waals surface area contributed by atoms with Crippen molar-refractivity contribution in [3.05, 3.63) is 29.8 Å². The van der Waals surface area contributed by atoms with Crippen LogP contribution in [-0.2, 0) is 10.7 Å². The molecule has 2 heterocycles. The number of anilines is 3. The van der Waals surface area contributed by atoms with E-state index < -0.39 is 11.7 Å². The van der Waals surface area contributed by atoms with Crippen molar-refractivity contribution < 1.29 is 18.3 Å². The number of halogens is 2. The molecular formula is C17H19F2N5O2. The van der Waals surface area contributed by atoms with E-state index in [0.29, 0.717) is 22.9 Å². The van der Waals surface area contributed by atoms with Gasteiger partial charge in [0, 0.05) is 37.6 Å². The summed E-state index contributed by atoms with van der Waals surface area (Å²) in [7, 11) is 1.46. The van der Waals surface area contributed by atoms with Gasteiger partial charge in [0.15, 0.2) is 5.75 Å². The van der Waals surface area contributed by atoms with Crippen molar-refractivity contribution in [1.82, 2.24) is 15.0 Å². The molecule has 26 heavy (non-hydrogen) atoms. The number of carbonyl (C=O) groups excluding carboxylic acids is 1. The number of pyridine rings is 1. The fraction of sp³-hybridized carbons (Fsp3) is 0.412. The van der Waals surface area contributed by atoms with Crippen LogP contribution < -0.4 is 15.4 Å². The van der Waals surface area contributed by atoms with E-state index >= 15 is 0 Å². The molecule has 3 rings (SSSR count). The van der Waals surface area contributed by atoms with E-state index in [2.05, 4.69) is 25.6 Å². The van der Waals surface area contributed by atoms with Gasteiger partial charge in [0.25, 0.3) is 0 Å². The van der Waals surface area contributed by atoms with Gasteiger partial charge in [0.2, 0.25) is 11.7 Å². The van der Waals surface area contributed by atoms with E-state index in [9.17, 15) is 13.6 Å². The third-order valence-electron chi connectivity index (χ3n) is 3.79. The molecular weight excluding hydrogens is 344 g/mol. The number of aromatic nitrogens is 3. The highest BCUT2D eigenvalue weighted by Gasteiger charge is 2.32. The Morgan fingerprint density at radius 1 is 1.27 bits per heavy atom. The lowest BCUT2D eigenvalue weighted by molar-refractivity contribution is -0.114. The van der Waals surface area contributed by atoms with Gasteiger partial charge in [-0.05, 0) is 12.8 Å². The van der Waals surface area contributed by atoms with E-state index in [0.717, 1.165) is 19.8 Å². The molecule has 2 aromatic rings. The van der Waals surface area contributed by atoms with Crippen molar-refractivity contribution in [3.63, 3.8) is 0 Å². The Kier molecular flexibility index (Phi) is 4.71. The first-order valence-electron chi connectivity index (χ1n) is 8.12. The zero-order valence-electron chi connectivity index (χ0n) is 14.6. The maximum atomic E-state index is 13.8. The molecule has 0 atom stereocenters. The maximum absolute atomic E-state index is 13.8. The van der Waals surface area contributed by atoms with Crippen LogP contribution in [0.2, 0.25) is 0 Å². The lowest BCUT2D eigenvalue weighted by Gasteiger charge is -2.15. The van der Waals surface area contributed by atoms with Crippen LogP contribution in [0.1, 0.15) is 44.1 Å². The number of methoxy groups -OCH3 is 1. The van der Waals surface area contributed by atoms with Gasteiger partial charge in [-0.3, -0.25) is 4.79 Å². The third kappa shape index (κ3) is 4.22. The fourth-order valence-electron chi connectivity index (χ4n) is 2.40. The molecule has 0 aromatic carbocycles. The smallest absolute Gasteiger partial charge is 0.303 e. The van der Waals surface area contributed by atoms with Crippen LogP contribution in [0, 0.1) is 0 Å². The van der Waals surface area contributed by atoms with Gasteiger partial charge in [-0.2, -0.15) is 8.78 Å². The molecule has 0 bridgehead atoms. The molecule has 7 nitrogen and oxygen atoms in total. The summed E-state index contributed by atoms with van der Waals surface area (Å²) in [5, 5.41) is 5.53. The third-order valence-corrected chi connectivity index (χ3v) is 3.79. The standard InChI is InChI=1S/C17H19F2N5O2/c1-9(25)21-14-7-12(13(26-3)8-20-14)22-15-6-11(10-4-5-10)23-16(24-15)17(2,18)19/h6-8,10H,4-5H2,1-3H3,(H2,20,21,22,23,24,25). The second-order valence-corrected chi connectivity index (χ2v) is 6.24. The zero-order valence-corrected chi connectivity index (χ0v) is 14.6. The van der Waals surface area contributed by atoms with E-state index in [1.165, 1.54) is 20.2 Å². The zero-order chi connectivity index (χ0) is 18.9. The summed E-state index contributed by atoms with van der Waals surface area (Å²) in [5.41, 5.74) is 1.03. The second kappa shape index (κ2) is 6.81. The van der Waals surface area contributed by atoms with Gasteiger partial charge in [0.05, 0.1) is 19.0 Å². The molecule has 0 radical (unpaired) electrons. The Hall–Kier alpha value is -2.84. The molecule has 0 saturated heterocycles. The summed E-state index contributed by atoms with van der Waals surface area (Å²) in [6, 6.07) is 3.20. The molecule has 1 saturated carbocycles. The maximum Gasteiger partial charge on any atom is 0.303 e. The molecule has 0 spiro atoms. The van der Waals surface area contributed by atoms with E-state index in [1.54, 1.807) is 12.1 Å². The number of hydrogen-bond acceptors (Lipinski definition) is 6. The van der Waals surface area contributed by atoms with Crippen molar-refractivity contribution in [2.24, 2.45) is 0 Å². The van der Waals surface area contributed by atoms with Crippen molar-refractivity contribution >= 4 is 23.2 Å². The number of carbonyl (C=O) groups is 1. The van der Waals surface area contributed by atoms with Crippen LogP contribution in [0.4, 0.5) is 26.1 Å². The predicted octanol–water partition coefficient (Wildman–Crippen LogP) is 3.57. The molecule has 0 aliphatic heterocycles. The van der Waals surface area contributed by atoms with Crippen LogP contribution in [0.3, 0.4) is 0 Å². The average molecular weight is 363 g/mol. The van der Waals surface area contributed by atoms with Crippen molar-refractivity contribution in [3.8, 4) is 5.75 Å². The number of ether oxygens (including phenoxy) is 1. The number of alkyl halides is 2. The molecule has 0 unspecified atom stereocenters. The first-order valence-corrected chi connectivity index (χ1v) is 8.12. The Labute approximate surface area is 149 Å². The predicted molar refractivity (Wildman–Crippen MR) is 92.0 cm³/mol. The Bertz CT molecular complexity index is 834. The first-order chi connectivity index (χ1) is 12.3. The molecule has 2 aromatic heterocycles. The van der Waals surface area contributed by atoms with E-state index in [1.807, 2.05) is 0 Å². The van der Waals surface area contributed by atoms with Crippen LogP contribution >= 0.6 is 0 Å². The molecule has 1 aliphatic carbocycles. The summed E-state index contributed by atoms with van der Waals surface area (Å²) >= 11 is 0. The van der Waals surface area contributed by atoms with Crippen molar-refractivity contribution in [2.75, 3.05) is 17.7 Å². The fourth-order valence-corrected chi connectivity index (χ4v) is 2.40. The van der Waals surface area contributed by atoms with Gasteiger partial charge in [-0.15, -0.1) is 0 Å². The summed E-state index contributed by atoms with van der Waals surface area (Å²) < 4.78 is 32.7. The van der Waals surface area contributed by atoms with Gasteiger partial charge in [-0.25, -0.2) is 15.0 Å². The summed E-state index contributed by atoms with van der Waals surface area (Å²) in [6.07, 6.45) is 3.28. The molecule has 138 valence electrons. The van der Waals surface area contributed by atoms with Gasteiger partial charge < -0.3 is 15.4 Å². The summed E-state index contributed by atoms with van der Waals surface area (Å²) in [4.78, 5) is 23.2. The lowest BCUT2D eigenvalue weighted by Crippen LogP contribution is -2.15. The largest absolute Gasteiger partial charge is 0.493 e. The van der Waals surface area contributed by atoms with Crippen LogP contribution in [0.5, 0.6) is 5.75 Å². The molecule has 9 heteroatoms. The lowest BCUT2D eigenvalue weighted by atomic mass is 10.2. The van der Waals surface area contributed by atoms with Gasteiger partial charge in [0.1, 0.15) is 11.6 Å². The highest BCUT2D eigenvalue weighted by atomic mass is 19.3. The van der Waals surface area contributed by atoms with Crippen LogP contribution in [0.15, 0.2) is 18.3 Å². The minimum Gasteiger partial charge on any atom is -0.493 e. The van der Waals surface area contributed by atoms with E-state index in [-0.39, 0.29) is 17.6 Å².